The van der Waals surface area contributed by atoms with E-state index < -0.39 is 0 Å². The maximum Gasteiger partial charge on any atom is 0.116 e. The molecule has 1 nitrogen and oxygen atoms in total. The topological polar surface area (TPSA) is 20.2 Å². The second-order valence-corrected chi connectivity index (χ2v) is 8.43. The molecule has 1 aliphatic carbocycles. The molecule has 1 atom stereocenters. The Balaban J connectivity index is 0.000000149. The number of fused-ring (bicyclic) bond motifs is 6. The van der Waals surface area contributed by atoms with Crippen LogP contribution >= 0.6 is 11.6 Å². The molecule has 1 unspecified atom stereocenters. The van der Waals surface area contributed by atoms with E-state index in [1.165, 1.54) is 39.1 Å². The summed E-state index contributed by atoms with van der Waals surface area (Å²) in [4.78, 5) is 0. The van der Waals surface area contributed by atoms with Gasteiger partial charge in [0.05, 0.1) is 5.38 Å². The van der Waals surface area contributed by atoms with Crippen LogP contribution in [0.5, 0.6) is 5.75 Å². The molecule has 0 radical (unpaired) electrons. The lowest BCUT2D eigenvalue weighted by Crippen LogP contribution is -2.05. The van der Waals surface area contributed by atoms with Crippen LogP contribution in [0.1, 0.15) is 29.3 Å². The zero-order chi connectivity index (χ0) is 20.5. The summed E-state index contributed by atoms with van der Waals surface area (Å²) in [6.45, 7) is 0. The summed E-state index contributed by atoms with van der Waals surface area (Å²) in [6.07, 6.45) is 3.47. The SMILES string of the molecule is ClC1CCCc2c1ccc1c2ccc2ccccc21.Oc1ccc2ccccc2c1. The van der Waals surface area contributed by atoms with Crippen molar-refractivity contribution < 1.29 is 5.11 Å². The van der Waals surface area contributed by atoms with E-state index >= 15 is 0 Å². The highest BCUT2D eigenvalue weighted by Crippen LogP contribution is 2.39. The van der Waals surface area contributed by atoms with Crippen LogP contribution in [0.3, 0.4) is 0 Å². The Labute approximate surface area is 181 Å². The molecule has 1 aliphatic rings. The van der Waals surface area contributed by atoms with Crippen molar-refractivity contribution in [2.75, 3.05) is 0 Å². The van der Waals surface area contributed by atoms with Gasteiger partial charge in [0, 0.05) is 0 Å². The number of alkyl halides is 1. The van der Waals surface area contributed by atoms with E-state index in [2.05, 4.69) is 48.5 Å². The number of aryl methyl sites for hydroxylation is 1. The zero-order valence-corrected chi connectivity index (χ0v) is 17.4. The first kappa shape index (κ1) is 19.0. The highest BCUT2D eigenvalue weighted by molar-refractivity contribution is 6.21. The number of rotatable bonds is 0. The number of phenols is 1. The Kier molecular flexibility index (Phi) is 5.06. The van der Waals surface area contributed by atoms with Gasteiger partial charge in [-0.05, 0) is 74.8 Å². The molecule has 5 aromatic rings. The van der Waals surface area contributed by atoms with E-state index in [-0.39, 0.29) is 5.38 Å². The van der Waals surface area contributed by atoms with Crippen LogP contribution in [-0.2, 0) is 6.42 Å². The van der Waals surface area contributed by atoms with Gasteiger partial charge < -0.3 is 5.11 Å². The lowest BCUT2D eigenvalue weighted by molar-refractivity contribution is 0.476. The third-order valence-corrected chi connectivity index (χ3v) is 6.48. The third kappa shape index (κ3) is 3.51. The van der Waals surface area contributed by atoms with E-state index in [4.69, 9.17) is 16.7 Å². The van der Waals surface area contributed by atoms with Crippen molar-refractivity contribution in [2.24, 2.45) is 0 Å². The zero-order valence-electron chi connectivity index (χ0n) is 16.7. The van der Waals surface area contributed by atoms with Crippen molar-refractivity contribution in [3.05, 3.63) is 102 Å². The first-order chi connectivity index (χ1) is 14.7. The van der Waals surface area contributed by atoms with Gasteiger partial charge >= 0.3 is 0 Å². The summed E-state index contributed by atoms with van der Waals surface area (Å²) in [6, 6.07) is 30.9. The molecule has 0 saturated heterocycles. The summed E-state index contributed by atoms with van der Waals surface area (Å²) in [5, 5.41) is 17.0. The fraction of sp³-hybridized carbons (Fsp3) is 0.143. The Morgan fingerprint density at radius 1 is 0.667 bits per heavy atom. The fourth-order valence-electron chi connectivity index (χ4n) is 4.53. The van der Waals surface area contributed by atoms with Crippen LogP contribution in [0.15, 0.2) is 91.0 Å². The quantitative estimate of drug-likeness (QED) is 0.201. The van der Waals surface area contributed by atoms with Crippen LogP contribution in [0, 0.1) is 0 Å². The molecule has 5 aromatic carbocycles. The van der Waals surface area contributed by atoms with Crippen molar-refractivity contribution >= 4 is 43.9 Å². The van der Waals surface area contributed by atoms with E-state index in [0.717, 1.165) is 23.6 Å². The molecule has 6 rings (SSSR count). The maximum absolute atomic E-state index is 9.13. The lowest BCUT2D eigenvalue weighted by Gasteiger charge is -2.22. The fourth-order valence-corrected chi connectivity index (χ4v) is 4.89. The van der Waals surface area contributed by atoms with Gasteiger partial charge in [0.25, 0.3) is 0 Å². The van der Waals surface area contributed by atoms with Gasteiger partial charge in [0.2, 0.25) is 0 Å². The summed E-state index contributed by atoms with van der Waals surface area (Å²) in [7, 11) is 0. The minimum Gasteiger partial charge on any atom is -0.508 e. The molecule has 1 N–H and O–H groups in total. The van der Waals surface area contributed by atoms with Gasteiger partial charge in [0.15, 0.2) is 0 Å². The maximum atomic E-state index is 9.13. The molecule has 0 heterocycles. The summed E-state index contributed by atoms with van der Waals surface area (Å²) in [5.74, 6) is 0.323. The molecule has 0 spiro atoms. The second-order valence-electron chi connectivity index (χ2n) is 7.91. The van der Waals surface area contributed by atoms with E-state index in [0.29, 0.717) is 5.75 Å². The molecule has 0 bridgehead atoms. The van der Waals surface area contributed by atoms with Crippen LogP contribution < -0.4 is 0 Å². The largest absolute Gasteiger partial charge is 0.508 e. The number of hydrogen-bond donors (Lipinski definition) is 1. The van der Waals surface area contributed by atoms with Crippen molar-refractivity contribution in [3.63, 3.8) is 0 Å². The number of phenolic OH excluding ortho intramolecular Hbond substituents is 1. The minimum atomic E-state index is 0.194. The number of hydrogen-bond acceptors (Lipinski definition) is 1. The molecule has 0 saturated carbocycles. The highest BCUT2D eigenvalue weighted by atomic mass is 35.5. The molecule has 148 valence electrons. The Bertz CT molecular complexity index is 1360. The van der Waals surface area contributed by atoms with Crippen molar-refractivity contribution in [2.45, 2.75) is 24.6 Å². The molecule has 0 aliphatic heterocycles. The van der Waals surface area contributed by atoms with Crippen molar-refractivity contribution in [1.29, 1.82) is 0 Å². The lowest BCUT2D eigenvalue weighted by atomic mass is 9.86. The Morgan fingerprint density at radius 2 is 1.37 bits per heavy atom. The van der Waals surface area contributed by atoms with Gasteiger partial charge in [-0.1, -0.05) is 78.9 Å². The number of halogens is 1. The molecule has 0 aromatic heterocycles. The average molecular weight is 411 g/mol. The van der Waals surface area contributed by atoms with Gasteiger partial charge in [-0.3, -0.25) is 0 Å². The number of aromatic hydroxyl groups is 1. The normalized spacial score (nSPS) is 15.6. The van der Waals surface area contributed by atoms with Crippen molar-refractivity contribution in [1.82, 2.24) is 0 Å². The molecular weight excluding hydrogens is 388 g/mol. The van der Waals surface area contributed by atoms with Gasteiger partial charge in [-0.15, -0.1) is 11.6 Å². The van der Waals surface area contributed by atoms with E-state index in [1.54, 1.807) is 12.1 Å². The molecule has 0 fully saturated rings. The van der Waals surface area contributed by atoms with Crippen LogP contribution in [0.4, 0.5) is 0 Å². The highest BCUT2D eigenvalue weighted by Gasteiger charge is 2.20. The summed E-state index contributed by atoms with van der Waals surface area (Å²) < 4.78 is 0. The first-order valence-corrected chi connectivity index (χ1v) is 10.9. The van der Waals surface area contributed by atoms with Gasteiger partial charge in [-0.2, -0.15) is 0 Å². The molecular formula is C28H23ClO. The monoisotopic (exact) mass is 410 g/mol. The first-order valence-electron chi connectivity index (χ1n) is 10.5. The van der Waals surface area contributed by atoms with Crippen LogP contribution in [-0.4, -0.2) is 5.11 Å². The average Bonchev–Trinajstić information content (AvgIpc) is 2.79. The summed E-state index contributed by atoms with van der Waals surface area (Å²) in [5.41, 5.74) is 2.81. The van der Waals surface area contributed by atoms with Crippen molar-refractivity contribution in [3.8, 4) is 5.75 Å². The molecule has 0 amide bonds. The van der Waals surface area contributed by atoms with E-state index in [9.17, 15) is 0 Å². The minimum absolute atomic E-state index is 0.194. The smallest absolute Gasteiger partial charge is 0.116 e. The second kappa shape index (κ2) is 8.01. The van der Waals surface area contributed by atoms with E-state index in [1.807, 2.05) is 30.3 Å². The number of benzene rings is 5. The Morgan fingerprint density at radius 3 is 2.23 bits per heavy atom. The predicted octanol–water partition coefficient (Wildman–Crippen LogP) is 8.15. The van der Waals surface area contributed by atoms with Gasteiger partial charge in [0.1, 0.15) is 5.75 Å². The predicted molar refractivity (Wildman–Crippen MR) is 129 cm³/mol. The molecule has 2 heteroatoms. The van der Waals surface area contributed by atoms with Gasteiger partial charge in [-0.25, -0.2) is 0 Å². The standard InChI is InChI=1S/C18H15Cl.C10H8O/c19-18-7-3-6-14-16-9-8-12-4-1-2-5-13(12)15(16)10-11-17(14)18;11-10-6-5-8-3-1-2-4-9(8)7-10/h1-2,4-5,8-11,18H,3,6-7H2;1-7,11H. The van der Waals surface area contributed by atoms with Crippen LogP contribution in [0.25, 0.3) is 32.3 Å². The third-order valence-electron chi connectivity index (χ3n) is 6.03. The summed E-state index contributed by atoms with van der Waals surface area (Å²) >= 11 is 6.47. The van der Waals surface area contributed by atoms with Crippen LogP contribution in [0.2, 0.25) is 0 Å². The Hall–Kier alpha value is -3.03. The molecule has 30 heavy (non-hydrogen) atoms.